The van der Waals surface area contributed by atoms with Crippen molar-refractivity contribution in [2.45, 2.75) is 19.8 Å². The summed E-state index contributed by atoms with van der Waals surface area (Å²) in [5.41, 5.74) is 0.901. The minimum Gasteiger partial charge on any atom is -0.466 e. The fourth-order valence-electron chi connectivity index (χ4n) is 1.07. The van der Waals surface area contributed by atoms with Crippen molar-refractivity contribution in [1.29, 1.82) is 0 Å². The van der Waals surface area contributed by atoms with Gasteiger partial charge in [0.1, 0.15) is 0 Å². The van der Waals surface area contributed by atoms with E-state index in [1.54, 1.807) is 18.7 Å². The van der Waals surface area contributed by atoms with Crippen molar-refractivity contribution in [3.63, 3.8) is 0 Å². The lowest BCUT2D eigenvalue weighted by molar-refractivity contribution is -0.143. The van der Waals surface area contributed by atoms with Gasteiger partial charge in [0.05, 0.1) is 18.7 Å². The summed E-state index contributed by atoms with van der Waals surface area (Å²) in [5, 5.41) is 7.63. The van der Waals surface area contributed by atoms with E-state index in [0.29, 0.717) is 24.1 Å². The Morgan fingerprint density at radius 3 is 2.86 bits per heavy atom. The second-order valence-electron chi connectivity index (χ2n) is 2.76. The molecule has 6 heteroatoms. The zero-order chi connectivity index (χ0) is 10.6. The summed E-state index contributed by atoms with van der Waals surface area (Å²) in [5.74, 6) is -0.194. The molecule has 1 heterocycles. The van der Waals surface area contributed by atoms with Gasteiger partial charge in [-0.25, -0.2) is 0 Å². The van der Waals surface area contributed by atoms with Crippen LogP contribution in [0.1, 0.15) is 19.0 Å². The van der Waals surface area contributed by atoms with Gasteiger partial charge in [0.2, 0.25) is 0 Å². The minimum atomic E-state index is -0.194. The first kappa shape index (κ1) is 11.2. The third-order valence-corrected chi connectivity index (χ3v) is 2.38. The molecule has 0 saturated carbocycles. The second-order valence-corrected chi connectivity index (χ2v) is 3.51. The smallest absolute Gasteiger partial charge is 0.306 e. The summed E-state index contributed by atoms with van der Waals surface area (Å²) in [6.07, 6.45) is 0.941. The second kappa shape index (κ2) is 5.09. The molecule has 14 heavy (non-hydrogen) atoms. The van der Waals surface area contributed by atoms with E-state index in [-0.39, 0.29) is 5.97 Å². The molecular weight excluding hydrogens is 250 g/mol. The van der Waals surface area contributed by atoms with Gasteiger partial charge in [0, 0.05) is 13.5 Å². The van der Waals surface area contributed by atoms with Crippen LogP contribution in [0.3, 0.4) is 0 Å². The molecule has 0 aromatic carbocycles. The first-order chi connectivity index (χ1) is 6.65. The Labute approximate surface area is 90.6 Å². The van der Waals surface area contributed by atoms with E-state index in [2.05, 4.69) is 26.2 Å². The Kier molecular flexibility index (Phi) is 4.06. The highest BCUT2D eigenvalue weighted by atomic mass is 79.9. The normalized spacial score (nSPS) is 10.2. The van der Waals surface area contributed by atoms with Gasteiger partial charge in [-0.05, 0) is 22.9 Å². The molecule has 0 aliphatic rings. The van der Waals surface area contributed by atoms with E-state index < -0.39 is 0 Å². The highest BCUT2D eigenvalue weighted by molar-refractivity contribution is 9.10. The molecular formula is C8H12BrN3O2. The number of carbonyl (C=O) groups excluding carboxylic acids is 1. The lowest BCUT2D eigenvalue weighted by Crippen LogP contribution is -2.07. The molecule has 0 radical (unpaired) electrons. The molecule has 0 unspecified atom stereocenters. The van der Waals surface area contributed by atoms with Gasteiger partial charge in [0.25, 0.3) is 0 Å². The predicted octanol–water partition coefficient (Wildman–Crippen LogP) is 1.07. The number of aromatic nitrogens is 3. The van der Waals surface area contributed by atoms with Crippen LogP contribution in [-0.2, 0) is 23.0 Å². The molecule has 0 amide bonds. The molecule has 0 N–H and O–H groups in total. The van der Waals surface area contributed by atoms with Crippen LogP contribution < -0.4 is 0 Å². The van der Waals surface area contributed by atoms with Gasteiger partial charge in [-0.2, -0.15) is 0 Å². The van der Waals surface area contributed by atoms with E-state index in [9.17, 15) is 4.79 Å². The number of carbonyl (C=O) groups is 1. The van der Waals surface area contributed by atoms with Gasteiger partial charge in [-0.15, -0.1) is 5.10 Å². The number of aryl methyl sites for hydroxylation is 1. The number of rotatable bonds is 4. The van der Waals surface area contributed by atoms with Crippen LogP contribution in [0.5, 0.6) is 0 Å². The lowest BCUT2D eigenvalue weighted by Gasteiger charge is -2.01. The molecule has 1 rings (SSSR count). The van der Waals surface area contributed by atoms with E-state index >= 15 is 0 Å². The maximum atomic E-state index is 11.1. The average molecular weight is 262 g/mol. The van der Waals surface area contributed by atoms with Crippen molar-refractivity contribution in [3.05, 3.63) is 10.3 Å². The summed E-state index contributed by atoms with van der Waals surface area (Å²) < 4.78 is 7.14. The van der Waals surface area contributed by atoms with Crippen LogP contribution in [-0.4, -0.2) is 27.6 Å². The zero-order valence-corrected chi connectivity index (χ0v) is 9.74. The molecule has 5 nitrogen and oxygen atoms in total. The zero-order valence-electron chi connectivity index (χ0n) is 8.16. The summed E-state index contributed by atoms with van der Waals surface area (Å²) in [6, 6.07) is 0. The van der Waals surface area contributed by atoms with Gasteiger partial charge in [-0.3, -0.25) is 9.48 Å². The van der Waals surface area contributed by atoms with Gasteiger partial charge in [-0.1, -0.05) is 5.21 Å². The Morgan fingerprint density at radius 1 is 1.64 bits per heavy atom. The van der Waals surface area contributed by atoms with E-state index in [4.69, 9.17) is 4.74 Å². The Hall–Kier alpha value is -0.910. The molecule has 78 valence electrons. The van der Waals surface area contributed by atoms with Crippen molar-refractivity contribution in [2.75, 3.05) is 6.61 Å². The lowest BCUT2D eigenvalue weighted by atomic mass is 10.2. The molecule has 1 aromatic heterocycles. The summed E-state index contributed by atoms with van der Waals surface area (Å²) in [4.78, 5) is 11.1. The molecule has 0 aliphatic carbocycles. The topological polar surface area (TPSA) is 57.0 Å². The highest BCUT2D eigenvalue weighted by Gasteiger charge is 2.10. The summed E-state index contributed by atoms with van der Waals surface area (Å²) in [7, 11) is 1.79. The summed E-state index contributed by atoms with van der Waals surface area (Å²) in [6.45, 7) is 2.21. The third-order valence-electron chi connectivity index (χ3n) is 1.77. The molecule has 0 spiro atoms. The Morgan fingerprint density at radius 2 is 2.36 bits per heavy atom. The van der Waals surface area contributed by atoms with Crippen molar-refractivity contribution in [2.24, 2.45) is 7.05 Å². The first-order valence-corrected chi connectivity index (χ1v) is 5.14. The number of esters is 1. The van der Waals surface area contributed by atoms with Gasteiger partial charge in [0.15, 0.2) is 4.60 Å². The van der Waals surface area contributed by atoms with Crippen molar-refractivity contribution < 1.29 is 9.53 Å². The molecule has 0 fully saturated rings. The van der Waals surface area contributed by atoms with Gasteiger partial charge < -0.3 is 4.74 Å². The van der Waals surface area contributed by atoms with Crippen LogP contribution in [0.25, 0.3) is 0 Å². The number of nitrogens with zero attached hydrogens (tertiary/aromatic N) is 3. The Balaban J connectivity index is 2.49. The van der Waals surface area contributed by atoms with E-state index in [0.717, 1.165) is 5.69 Å². The minimum absolute atomic E-state index is 0.194. The fourth-order valence-corrected chi connectivity index (χ4v) is 1.60. The molecule has 1 aromatic rings. The molecule has 0 bridgehead atoms. The highest BCUT2D eigenvalue weighted by Crippen LogP contribution is 2.13. The predicted molar refractivity (Wildman–Crippen MR) is 53.7 cm³/mol. The maximum absolute atomic E-state index is 11.1. The SMILES string of the molecule is CCOC(=O)CCc1c(Br)nnn1C. The summed E-state index contributed by atoms with van der Waals surface area (Å²) >= 11 is 3.26. The molecule has 0 atom stereocenters. The average Bonchev–Trinajstić information content (AvgIpc) is 2.44. The van der Waals surface area contributed by atoms with Crippen LogP contribution in [0.15, 0.2) is 4.60 Å². The maximum Gasteiger partial charge on any atom is 0.306 e. The van der Waals surface area contributed by atoms with Crippen LogP contribution in [0.4, 0.5) is 0 Å². The third kappa shape index (κ3) is 2.80. The largest absolute Gasteiger partial charge is 0.466 e. The van der Waals surface area contributed by atoms with Crippen molar-refractivity contribution >= 4 is 21.9 Å². The monoisotopic (exact) mass is 261 g/mol. The molecule has 0 aliphatic heterocycles. The number of hydrogen-bond acceptors (Lipinski definition) is 4. The van der Waals surface area contributed by atoms with Crippen molar-refractivity contribution in [1.82, 2.24) is 15.0 Å². The number of hydrogen-bond donors (Lipinski definition) is 0. The number of halogens is 1. The fraction of sp³-hybridized carbons (Fsp3) is 0.625. The van der Waals surface area contributed by atoms with Crippen LogP contribution >= 0.6 is 15.9 Å². The molecule has 0 saturated heterocycles. The standard InChI is InChI=1S/C8H12BrN3O2/c1-3-14-7(13)5-4-6-8(9)10-11-12(6)2/h3-5H2,1-2H3. The van der Waals surface area contributed by atoms with E-state index in [1.807, 2.05) is 0 Å². The van der Waals surface area contributed by atoms with Crippen LogP contribution in [0.2, 0.25) is 0 Å². The number of ether oxygens (including phenoxy) is 1. The van der Waals surface area contributed by atoms with E-state index in [1.165, 1.54) is 0 Å². The van der Waals surface area contributed by atoms with Gasteiger partial charge >= 0.3 is 5.97 Å². The van der Waals surface area contributed by atoms with Crippen LogP contribution in [0, 0.1) is 0 Å². The Bertz CT molecular complexity index is 305. The first-order valence-electron chi connectivity index (χ1n) is 4.34. The quantitative estimate of drug-likeness (QED) is 0.762. The van der Waals surface area contributed by atoms with Crippen molar-refractivity contribution in [3.8, 4) is 0 Å².